The number of aromatic nitrogens is 1. The molecule has 1 aromatic rings. The summed E-state index contributed by atoms with van der Waals surface area (Å²) in [5, 5.41) is 0. The Balaban J connectivity index is 1.78. The van der Waals surface area contributed by atoms with Gasteiger partial charge in [0, 0.05) is 24.5 Å². The second-order valence-corrected chi connectivity index (χ2v) is 5.71. The normalized spacial score (nSPS) is 33.6. The van der Waals surface area contributed by atoms with Gasteiger partial charge in [-0.3, -0.25) is 16.3 Å². The molecule has 4 heteroatoms. The molecule has 3 unspecified atom stereocenters. The fourth-order valence-electron chi connectivity index (χ4n) is 3.79. The molecule has 0 aromatic carbocycles. The molecule has 18 heavy (non-hydrogen) atoms. The van der Waals surface area contributed by atoms with Crippen LogP contribution in [-0.4, -0.2) is 29.0 Å². The molecule has 0 radical (unpaired) electrons. The molecule has 3 rings (SSSR count). The van der Waals surface area contributed by atoms with E-state index in [9.17, 15) is 0 Å². The Bertz CT molecular complexity index is 380. The van der Waals surface area contributed by atoms with E-state index in [1.807, 2.05) is 18.5 Å². The van der Waals surface area contributed by atoms with E-state index in [1.165, 1.54) is 31.2 Å². The maximum absolute atomic E-state index is 5.79. The van der Waals surface area contributed by atoms with Crippen LogP contribution in [0.1, 0.15) is 37.3 Å². The van der Waals surface area contributed by atoms with E-state index < -0.39 is 0 Å². The molecule has 0 aliphatic carbocycles. The number of rotatable bonds is 3. The number of nitrogens with two attached hydrogens (primary N) is 1. The van der Waals surface area contributed by atoms with Crippen LogP contribution >= 0.6 is 0 Å². The van der Waals surface area contributed by atoms with Crippen LogP contribution in [0, 0.1) is 5.92 Å². The van der Waals surface area contributed by atoms with Crippen molar-refractivity contribution in [2.24, 2.45) is 11.8 Å². The lowest BCUT2D eigenvalue weighted by Gasteiger charge is -2.39. The first-order chi connectivity index (χ1) is 8.79. The van der Waals surface area contributed by atoms with Crippen LogP contribution < -0.4 is 11.3 Å². The number of hydrazine groups is 1. The Morgan fingerprint density at radius 1 is 1.39 bits per heavy atom. The van der Waals surface area contributed by atoms with E-state index >= 15 is 0 Å². The zero-order chi connectivity index (χ0) is 12.5. The molecule has 0 saturated carbocycles. The average Bonchev–Trinajstić information content (AvgIpc) is 2.64. The molecular formula is C14H22N4. The van der Waals surface area contributed by atoms with Crippen molar-refractivity contribution in [3.8, 4) is 0 Å². The van der Waals surface area contributed by atoms with Crippen molar-refractivity contribution in [2.75, 3.05) is 7.05 Å². The molecule has 0 spiro atoms. The van der Waals surface area contributed by atoms with Gasteiger partial charge in [0.2, 0.25) is 0 Å². The van der Waals surface area contributed by atoms with Gasteiger partial charge in [-0.25, -0.2) is 0 Å². The number of nitrogens with zero attached hydrogens (tertiary/aromatic N) is 2. The second-order valence-electron chi connectivity index (χ2n) is 5.71. The highest BCUT2D eigenvalue weighted by atomic mass is 15.2. The fourth-order valence-corrected chi connectivity index (χ4v) is 3.79. The first-order valence-electron chi connectivity index (χ1n) is 6.87. The number of hydrogen-bond acceptors (Lipinski definition) is 4. The monoisotopic (exact) mass is 246 g/mol. The first kappa shape index (κ1) is 12.1. The third-order valence-corrected chi connectivity index (χ3v) is 4.83. The van der Waals surface area contributed by atoms with Crippen LogP contribution in [0.2, 0.25) is 0 Å². The van der Waals surface area contributed by atoms with E-state index in [4.69, 9.17) is 5.84 Å². The van der Waals surface area contributed by atoms with E-state index in [2.05, 4.69) is 28.4 Å². The molecule has 3 atom stereocenters. The maximum atomic E-state index is 5.79. The SMILES string of the molecule is CN1C2CCC1CC(C(NN)c1cccnc1)C2. The lowest BCUT2D eigenvalue weighted by atomic mass is 9.83. The summed E-state index contributed by atoms with van der Waals surface area (Å²) in [7, 11) is 2.27. The van der Waals surface area contributed by atoms with Crippen molar-refractivity contribution in [3.63, 3.8) is 0 Å². The van der Waals surface area contributed by atoms with Crippen molar-refractivity contribution < 1.29 is 0 Å². The maximum Gasteiger partial charge on any atom is 0.0504 e. The predicted molar refractivity (Wildman–Crippen MR) is 71.6 cm³/mol. The molecule has 3 heterocycles. The van der Waals surface area contributed by atoms with Crippen LogP contribution in [0.15, 0.2) is 24.5 Å². The Morgan fingerprint density at radius 2 is 2.11 bits per heavy atom. The van der Waals surface area contributed by atoms with Gasteiger partial charge in [-0.15, -0.1) is 0 Å². The van der Waals surface area contributed by atoms with E-state index in [-0.39, 0.29) is 6.04 Å². The van der Waals surface area contributed by atoms with Crippen molar-refractivity contribution in [2.45, 2.75) is 43.8 Å². The molecule has 2 aliphatic rings. The van der Waals surface area contributed by atoms with Crippen molar-refractivity contribution in [1.29, 1.82) is 0 Å². The summed E-state index contributed by atoms with van der Waals surface area (Å²) in [4.78, 5) is 6.77. The standard InChI is InChI=1S/C14H22N4/c1-18-12-4-5-13(18)8-11(7-12)14(17-15)10-3-2-6-16-9-10/h2-3,6,9,11-14,17H,4-5,7-8,15H2,1H3. The zero-order valence-corrected chi connectivity index (χ0v) is 10.9. The van der Waals surface area contributed by atoms with Gasteiger partial charge >= 0.3 is 0 Å². The minimum absolute atomic E-state index is 0.246. The summed E-state index contributed by atoms with van der Waals surface area (Å²) < 4.78 is 0. The van der Waals surface area contributed by atoms with Gasteiger partial charge in [-0.1, -0.05) is 6.07 Å². The van der Waals surface area contributed by atoms with E-state index in [0.29, 0.717) is 5.92 Å². The largest absolute Gasteiger partial charge is 0.300 e. The zero-order valence-electron chi connectivity index (χ0n) is 10.9. The molecule has 2 bridgehead atoms. The Morgan fingerprint density at radius 3 is 2.67 bits per heavy atom. The highest BCUT2D eigenvalue weighted by Crippen LogP contribution is 2.42. The lowest BCUT2D eigenvalue weighted by Crippen LogP contribution is -2.45. The number of piperidine rings is 1. The quantitative estimate of drug-likeness (QED) is 0.626. The molecule has 2 saturated heterocycles. The molecule has 2 aliphatic heterocycles. The predicted octanol–water partition coefficient (Wildman–Crippen LogP) is 1.46. The van der Waals surface area contributed by atoms with Crippen LogP contribution in [0.5, 0.6) is 0 Å². The van der Waals surface area contributed by atoms with Gasteiger partial charge in [-0.2, -0.15) is 0 Å². The van der Waals surface area contributed by atoms with Gasteiger partial charge in [0.25, 0.3) is 0 Å². The molecule has 2 fully saturated rings. The third kappa shape index (κ3) is 2.05. The minimum atomic E-state index is 0.246. The average molecular weight is 246 g/mol. The number of fused-ring (bicyclic) bond motifs is 2. The highest BCUT2D eigenvalue weighted by Gasteiger charge is 2.41. The topological polar surface area (TPSA) is 54.2 Å². The van der Waals surface area contributed by atoms with Crippen molar-refractivity contribution in [1.82, 2.24) is 15.3 Å². The molecule has 0 amide bonds. The van der Waals surface area contributed by atoms with Crippen LogP contribution in [0.25, 0.3) is 0 Å². The van der Waals surface area contributed by atoms with Crippen LogP contribution in [-0.2, 0) is 0 Å². The van der Waals surface area contributed by atoms with Gasteiger partial charge in [-0.05, 0) is 50.3 Å². The summed E-state index contributed by atoms with van der Waals surface area (Å²) in [6.07, 6.45) is 8.94. The number of nitrogens with one attached hydrogen (secondary N) is 1. The molecule has 3 N–H and O–H groups in total. The first-order valence-corrected chi connectivity index (χ1v) is 6.87. The highest BCUT2D eigenvalue weighted by molar-refractivity contribution is 5.16. The summed E-state index contributed by atoms with van der Waals surface area (Å²) in [5.41, 5.74) is 4.23. The molecule has 98 valence electrons. The Kier molecular flexibility index (Phi) is 3.33. The fraction of sp³-hybridized carbons (Fsp3) is 0.643. The van der Waals surface area contributed by atoms with E-state index in [0.717, 1.165) is 12.1 Å². The second kappa shape index (κ2) is 4.96. The molecular weight excluding hydrogens is 224 g/mol. The number of hydrogen-bond donors (Lipinski definition) is 2. The summed E-state index contributed by atoms with van der Waals surface area (Å²) >= 11 is 0. The summed E-state index contributed by atoms with van der Waals surface area (Å²) in [6, 6.07) is 5.86. The summed E-state index contributed by atoms with van der Waals surface area (Å²) in [5.74, 6) is 6.42. The third-order valence-electron chi connectivity index (χ3n) is 4.83. The van der Waals surface area contributed by atoms with Gasteiger partial charge in [0.15, 0.2) is 0 Å². The van der Waals surface area contributed by atoms with Crippen LogP contribution in [0.3, 0.4) is 0 Å². The van der Waals surface area contributed by atoms with Crippen molar-refractivity contribution in [3.05, 3.63) is 30.1 Å². The molecule has 4 nitrogen and oxygen atoms in total. The van der Waals surface area contributed by atoms with Gasteiger partial charge in [0.1, 0.15) is 0 Å². The lowest BCUT2D eigenvalue weighted by molar-refractivity contribution is 0.112. The minimum Gasteiger partial charge on any atom is -0.300 e. The Hall–Kier alpha value is -0.970. The summed E-state index contributed by atoms with van der Waals surface area (Å²) in [6.45, 7) is 0. The molecule has 1 aromatic heterocycles. The smallest absolute Gasteiger partial charge is 0.0504 e. The number of pyridine rings is 1. The Labute approximate surface area is 109 Å². The van der Waals surface area contributed by atoms with Gasteiger partial charge < -0.3 is 4.90 Å². The van der Waals surface area contributed by atoms with Crippen LogP contribution in [0.4, 0.5) is 0 Å². The van der Waals surface area contributed by atoms with Crippen molar-refractivity contribution >= 4 is 0 Å². The van der Waals surface area contributed by atoms with Gasteiger partial charge in [0.05, 0.1) is 6.04 Å². The van der Waals surface area contributed by atoms with E-state index in [1.54, 1.807) is 0 Å².